The van der Waals surface area contributed by atoms with Gasteiger partial charge < -0.3 is 15.0 Å². The van der Waals surface area contributed by atoms with Gasteiger partial charge in [0.15, 0.2) is 15.2 Å². The lowest BCUT2D eigenvalue weighted by Gasteiger charge is -2.14. The van der Waals surface area contributed by atoms with Gasteiger partial charge in [-0.15, -0.1) is 10.2 Å². The summed E-state index contributed by atoms with van der Waals surface area (Å²) in [6.45, 7) is 0.903. The molecular weight excluding hydrogens is 470 g/mol. The molecule has 12 nitrogen and oxygen atoms in total. The predicted molar refractivity (Wildman–Crippen MR) is 115 cm³/mol. The van der Waals surface area contributed by atoms with Crippen molar-refractivity contribution in [2.24, 2.45) is 25.7 Å². The first kappa shape index (κ1) is 21.5. The van der Waals surface area contributed by atoms with Crippen LogP contribution in [0.25, 0.3) is 5.82 Å². The second-order valence-corrected chi connectivity index (χ2v) is 10.1. The molecule has 0 aliphatic carbocycles. The van der Waals surface area contributed by atoms with Crippen molar-refractivity contribution in [3.8, 4) is 0 Å². The van der Waals surface area contributed by atoms with E-state index in [0.717, 1.165) is 0 Å². The average molecular weight is 487 g/mol. The summed E-state index contributed by atoms with van der Waals surface area (Å²) in [6.07, 6.45) is 0.455. The molecule has 0 unspecified atom stereocenters. The minimum Gasteiger partial charge on any atom is -0.472 e. The molecule has 3 heterocycles. The van der Waals surface area contributed by atoms with Crippen LogP contribution in [0.1, 0.15) is 6.42 Å². The fourth-order valence-electron chi connectivity index (χ4n) is 4.00. The lowest BCUT2D eigenvalue weighted by Crippen LogP contribution is -2.80. The summed E-state index contributed by atoms with van der Waals surface area (Å²) in [5, 5.41) is 28.2. The van der Waals surface area contributed by atoms with Gasteiger partial charge in [-0.05, 0) is 51.8 Å². The zero-order chi connectivity index (χ0) is 23.2. The number of carbonyl (C=O) groups is 1. The molecule has 14 heteroatoms. The number of rotatable bonds is 4. The van der Waals surface area contributed by atoms with E-state index < -0.39 is 21.1 Å². The lowest BCUT2D eigenvalue weighted by molar-refractivity contribution is -0.361. The molecule has 0 radical (unpaired) electrons. The van der Waals surface area contributed by atoms with Gasteiger partial charge in [0, 0.05) is 29.0 Å². The van der Waals surface area contributed by atoms with Crippen LogP contribution in [0.4, 0.5) is 5.69 Å². The Balaban J connectivity index is 1.94. The van der Waals surface area contributed by atoms with Crippen molar-refractivity contribution in [1.29, 1.82) is 0 Å². The van der Waals surface area contributed by atoms with E-state index in [2.05, 4.69) is 36.0 Å². The molecule has 168 valence electrons. The van der Waals surface area contributed by atoms with Gasteiger partial charge in [-0.1, -0.05) is 12.1 Å². The Morgan fingerprint density at radius 1 is 1.15 bits per heavy atom. The number of benzene rings is 2. The van der Waals surface area contributed by atoms with Gasteiger partial charge in [-0.3, -0.25) is 0 Å². The number of aliphatic carboxylic acids is 1. The van der Waals surface area contributed by atoms with Crippen molar-refractivity contribution in [2.45, 2.75) is 21.5 Å². The van der Waals surface area contributed by atoms with Gasteiger partial charge >= 0.3 is 11.8 Å². The van der Waals surface area contributed by atoms with E-state index in [9.17, 15) is 22.9 Å². The summed E-state index contributed by atoms with van der Waals surface area (Å²) in [5.41, 5.74) is 0.405. The molecule has 0 spiro atoms. The number of carboxylic acid groups (broad SMARTS) is 1. The molecule has 0 saturated carbocycles. The zero-order valence-corrected chi connectivity index (χ0v) is 18.4. The monoisotopic (exact) mass is 486 g/mol. The van der Waals surface area contributed by atoms with E-state index in [0.29, 0.717) is 41.0 Å². The standard InChI is InChI=1S/C19H15N7O5S2/c27-19(28)18-21-12-3-1-2-11(15(12)22-18)10-4-5-13(33(30,31)9-6-7-20-8-9)16(32-29)14(10)17-23-25-26-24-17/h1-5,9,20,29H,6-8H2,(H,27,28)/p+1/t9-/m0/s1. The third-order valence-corrected chi connectivity index (χ3v) is 8.50. The molecule has 3 aliphatic heterocycles. The summed E-state index contributed by atoms with van der Waals surface area (Å²) in [6, 6.07) is 8.07. The predicted octanol–water partition coefficient (Wildman–Crippen LogP) is -0.599. The van der Waals surface area contributed by atoms with Crippen molar-refractivity contribution < 1.29 is 27.9 Å². The SMILES string of the molecule is O=C(O)C1=Nc2cccc(=c3ccc(S(=O)(=O)[C@H]4CCNC4)c(SO)c3=C3N=NN=N3)c2=[NH+]1. The van der Waals surface area contributed by atoms with Crippen LogP contribution in [0.3, 0.4) is 0 Å². The maximum Gasteiger partial charge on any atom is 0.423 e. The minimum atomic E-state index is -3.78. The summed E-state index contributed by atoms with van der Waals surface area (Å²) in [7, 11) is -3.78. The molecule has 0 bridgehead atoms. The van der Waals surface area contributed by atoms with Crippen LogP contribution < -0.4 is 20.9 Å². The van der Waals surface area contributed by atoms with Crippen molar-refractivity contribution in [3.05, 3.63) is 51.3 Å². The molecule has 2 aromatic rings. The number of aliphatic imine (C=N–C) groups is 1. The number of nitrogens with zero attached hydrogens (tertiary/aromatic N) is 5. The first-order valence-electron chi connectivity index (χ1n) is 9.76. The van der Waals surface area contributed by atoms with Crippen molar-refractivity contribution in [3.63, 3.8) is 0 Å². The van der Waals surface area contributed by atoms with Gasteiger partial charge in [-0.2, -0.15) is 0 Å². The Morgan fingerprint density at radius 2 is 1.94 bits per heavy atom. The Kier molecular flexibility index (Phi) is 5.36. The number of amidine groups is 1. The average Bonchev–Trinajstić information content (AvgIpc) is 3.58. The molecule has 3 aliphatic rings. The summed E-state index contributed by atoms with van der Waals surface area (Å²) in [4.78, 5) is 18.3. The van der Waals surface area contributed by atoms with Crippen LogP contribution in [0.5, 0.6) is 0 Å². The smallest absolute Gasteiger partial charge is 0.423 e. The maximum absolute atomic E-state index is 13.4. The lowest BCUT2D eigenvalue weighted by atomic mass is 10.1. The van der Waals surface area contributed by atoms with Crippen LogP contribution in [0, 0.1) is 10.4 Å². The normalized spacial score (nSPS) is 20.1. The first-order valence-corrected chi connectivity index (χ1v) is 12.1. The maximum atomic E-state index is 13.4. The van der Waals surface area contributed by atoms with E-state index in [-0.39, 0.29) is 38.7 Å². The van der Waals surface area contributed by atoms with Gasteiger partial charge in [-0.25, -0.2) is 18.2 Å². The Hall–Kier alpha value is -3.33. The first-order chi connectivity index (χ1) is 15.9. The highest BCUT2D eigenvalue weighted by molar-refractivity contribution is 7.96. The highest BCUT2D eigenvalue weighted by Crippen LogP contribution is 2.28. The topological polar surface area (TPSA) is 179 Å². The number of fused-ring (bicyclic) bond motifs is 1. The summed E-state index contributed by atoms with van der Waals surface area (Å²) in [5.74, 6) is -1.43. The van der Waals surface area contributed by atoms with Gasteiger partial charge in [0.2, 0.25) is 11.5 Å². The second-order valence-electron chi connectivity index (χ2n) is 7.36. The van der Waals surface area contributed by atoms with Crippen molar-refractivity contribution >= 4 is 45.2 Å². The number of hydrogen-bond donors (Lipinski definition) is 4. The Bertz CT molecular complexity index is 1600. The van der Waals surface area contributed by atoms with Gasteiger partial charge in [0.25, 0.3) is 0 Å². The molecule has 1 fully saturated rings. The van der Waals surface area contributed by atoms with Crippen LogP contribution >= 0.6 is 12.0 Å². The Morgan fingerprint density at radius 3 is 2.61 bits per heavy atom. The van der Waals surface area contributed by atoms with E-state index >= 15 is 0 Å². The van der Waals surface area contributed by atoms with Crippen LogP contribution in [0.2, 0.25) is 0 Å². The Labute approximate surface area is 190 Å². The quantitative estimate of drug-likeness (QED) is 0.417. The molecule has 1 saturated heterocycles. The summed E-state index contributed by atoms with van der Waals surface area (Å²) >= 11 is 0.275. The third-order valence-electron chi connectivity index (χ3n) is 5.53. The van der Waals surface area contributed by atoms with E-state index in [1.54, 1.807) is 24.3 Å². The fourth-order valence-corrected chi connectivity index (χ4v) is 6.65. The van der Waals surface area contributed by atoms with Crippen LogP contribution in [-0.4, -0.2) is 48.2 Å². The number of sulfone groups is 1. The highest BCUT2D eigenvalue weighted by atomic mass is 32.2. The van der Waals surface area contributed by atoms with Crippen LogP contribution in [-0.2, 0) is 14.6 Å². The number of carboxylic acids is 1. The number of para-hydroxylation sites is 1. The molecule has 4 N–H and O–H groups in total. The number of nitrogens with one attached hydrogen (secondary N) is 2. The van der Waals surface area contributed by atoms with Gasteiger partial charge in [0.1, 0.15) is 0 Å². The second kappa shape index (κ2) is 8.22. The molecule has 0 aromatic heterocycles. The van der Waals surface area contributed by atoms with E-state index in [1.807, 2.05) is 0 Å². The number of hydrogen-bond acceptors (Lipinski definition) is 11. The van der Waals surface area contributed by atoms with E-state index in [4.69, 9.17) is 0 Å². The molecule has 0 amide bonds. The minimum absolute atomic E-state index is 0.0260. The largest absolute Gasteiger partial charge is 0.472 e. The highest BCUT2D eigenvalue weighted by Gasteiger charge is 2.33. The summed E-state index contributed by atoms with van der Waals surface area (Å²) < 4.78 is 36.9. The van der Waals surface area contributed by atoms with Crippen molar-refractivity contribution in [2.75, 3.05) is 13.1 Å². The fraction of sp³-hybridized carbons (Fsp3) is 0.211. The molecule has 2 aromatic carbocycles. The van der Waals surface area contributed by atoms with Crippen LogP contribution in [0.15, 0.2) is 65.8 Å². The zero-order valence-electron chi connectivity index (χ0n) is 16.8. The van der Waals surface area contributed by atoms with Crippen molar-refractivity contribution in [1.82, 2.24) is 5.32 Å². The third kappa shape index (κ3) is 3.56. The van der Waals surface area contributed by atoms with E-state index in [1.165, 1.54) is 6.07 Å². The molecular formula is C19H16N7O5S2+. The molecule has 33 heavy (non-hydrogen) atoms. The van der Waals surface area contributed by atoms with Gasteiger partial charge in [0.05, 0.1) is 15.0 Å². The molecule has 1 atom stereocenters. The molecule has 5 rings (SSSR count).